The van der Waals surface area contributed by atoms with Gasteiger partial charge in [-0.1, -0.05) is 38.5 Å². The van der Waals surface area contributed by atoms with Gasteiger partial charge in [0.2, 0.25) is 0 Å². The Hall–Kier alpha value is 0.500. The van der Waals surface area contributed by atoms with E-state index in [0.717, 1.165) is 24.8 Å². The summed E-state index contributed by atoms with van der Waals surface area (Å²) in [6.07, 6.45) is 10.9. The molecule has 0 atom stereocenters. The number of halogens is 2. The van der Waals surface area contributed by atoms with Gasteiger partial charge in [-0.15, -0.1) is 23.2 Å². The molecule has 0 N–H and O–H groups in total. The highest BCUT2D eigenvalue weighted by atomic mass is 35.5. The highest BCUT2D eigenvalue weighted by molar-refractivity contribution is 6.18. The van der Waals surface area contributed by atoms with Crippen LogP contribution in [0.15, 0.2) is 0 Å². The molecule has 0 heterocycles. The lowest BCUT2D eigenvalue weighted by atomic mass is 10.1. The van der Waals surface area contributed by atoms with Crippen LogP contribution in [0, 0.1) is 0 Å². The Balaban J connectivity index is 3.10. The van der Waals surface area contributed by atoms with E-state index >= 15 is 0 Å². The summed E-state index contributed by atoms with van der Waals surface area (Å²) in [4.78, 5) is 4.65. The summed E-state index contributed by atoms with van der Waals surface area (Å²) in [5, 5.41) is 0. The minimum Gasteiger partial charge on any atom is -0.305 e. The lowest BCUT2D eigenvalue weighted by Crippen LogP contribution is -2.21. The van der Waals surface area contributed by atoms with Crippen molar-refractivity contribution >= 4 is 23.2 Å². The molecule has 0 amide bonds. The van der Waals surface area contributed by atoms with Crippen LogP contribution in [0.2, 0.25) is 0 Å². The van der Waals surface area contributed by atoms with Crippen molar-refractivity contribution in [2.45, 2.75) is 51.4 Å². The van der Waals surface area contributed by atoms with Gasteiger partial charge in [0.05, 0.1) is 0 Å². The van der Waals surface area contributed by atoms with Crippen LogP contribution in [0.4, 0.5) is 0 Å². The zero-order chi connectivity index (χ0) is 15.1. The maximum atomic E-state index is 5.71. The Morgan fingerprint density at radius 1 is 0.500 bits per heavy atom. The Labute approximate surface area is 136 Å². The average Bonchev–Trinajstić information content (AvgIpc) is 2.41. The van der Waals surface area contributed by atoms with Gasteiger partial charge in [-0.3, -0.25) is 0 Å². The zero-order valence-electron chi connectivity index (χ0n) is 13.5. The molecule has 2 nitrogen and oxygen atoms in total. The third kappa shape index (κ3) is 14.9. The van der Waals surface area contributed by atoms with Crippen molar-refractivity contribution in [1.82, 2.24) is 9.80 Å². The van der Waals surface area contributed by atoms with Crippen LogP contribution >= 0.6 is 23.2 Å². The summed E-state index contributed by atoms with van der Waals surface area (Å²) in [6.45, 7) is 4.42. The first-order valence-electron chi connectivity index (χ1n) is 8.19. The van der Waals surface area contributed by atoms with Crippen molar-refractivity contribution in [2.75, 3.05) is 52.0 Å². The molecule has 0 spiro atoms. The Morgan fingerprint density at radius 2 is 0.800 bits per heavy atom. The Morgan fingerprint density at radius 3 is 1.10 bits per heavy atom. The molecule has 0 aromatic carbocycles. The van der Waals surface area contributed by atoms with Crippen LogP contribution in [-0.4, -0.2) is 61.8 Å². The zero-order valence-corrected chi connectivity index (χ0v) is 15.1. The van der Waals surface area contributed by atoms with Crippen LogP contribution in [0.5, 0.6) is 0 Å². The van der Waals surface area contributed by atoms with Gasteiger partial charge in [0.25, 0.3) is 0 Å². The van der Waals surface area contributed by atoms with Crippen LogP contribution in [0.3, 0.4) is 0 Å². The number of rotatable bonds is 15. The van der Waals surface area contributed by atoms with E-state index in [4.69, 9.17) is 23.2 Å². The fraction of sp³-hybridized carbons (Fsp3) is 1.00. The number of alkyl halides is 2. The molecule has 0 radical (unpaired) electrons. The van der Waals surface area contributed by atoms with Crippen LogP contribution in [0.25, 0.3) is 0 Å². The molecule has 20 heavy (non-hydrogen) atoms. The smallest absolute Gasteiger partial charge is 0.0351 e. The fourth-order valence-electron chi connectivity index (χ4n) is 2.34. The van der Waals surface area contributed by atoms with Crippen molar-refractivity contribution in [3.8, 4) is 0 Å². The van der Waals surface area contributed by atoms with E-state index in [1.165, 1.54) is 64.5 Å². The second-order valence-corrected chi connectivity index (χ2v) is 6.57. The fourth-order valence-corrected chi connectivity index (χ4v) is 2.91. The second kappa shape index (κ2) is 15.9. The molecule has 122 valence electrons. The molecule has 4 heteroatoms. The van der Waals surface area contributed by atoms with E-state index in [-0.39, 0.29) is 0 Å². The molecule has 0 aromatic rings. The predicted molar refractivity (Wildman–Crippen MR) is 93.4 cm³/mol. The van der Waals surface area contributed by atoms with Gasteiger partial charge in [-0.2, -0.15) is 0 Å². The Kier molecular flexibility index (Phi) is 16.3. The molecule has 0 aliphatic heterocycles. The predicted octanol–water partition coefficient (Wildman–Crippen LogP) is 4.45. The SMILES string of the molecule is CN(CCCl)CCCCCCCCCCN(C)CCCl. The summed E-state index contributed by atoms with van der Waals surface area (Å²) in [5.74, 6) is 1.49. The third-order valence-corrected chi connectivity index (χ3v) is 4.10. The first-order valence-corrected chi connectivity index (χ1v) is 9.26. The summed E-state index contributed by atoms with van der Waals surface area (Å²) in [6, 6.07) is 0. The largest absolute Gasteiger partial charge is 0.305 e. The molecule has 0 fully saturated rings. The van der Waals surface area contributed by atoms with E-state index in [0.29, 0.717) is 0 Å². The topological polar surface area (TPSA) is 6.48 Å². The standard InChI is InChI=1S/C16H34Cl2N2/c1-19(15-11-17)13-9-7-5-3-4-6-8-10-14-20(2)16-12-18/h3-16H2,1-2H3. The summed E-state index contributed by atoms with van der Waals surface area (Å²) >= 11 is 11.4. The van der Waals surface area contributed by atoms with Gasteiger partial charge in [-0.25, -0.2) is 0 Å². The summed E-state index contributed by atoms with van der Waals surface area (Å²) in [5.41, 5.74) is 0. The van der Waals surface area contributed by atoms with E-state index in [9.17, 15) is 0 Å². The van der Waals surface area contributed by atoms with E-state index < -0.39 is 0 Å². The van der Waals surface area contributed by atoms with Crippen molar-refractivity contribution in [1.29, 1.82) is 0 Å². The molecule has 0 aliphatic rings. The van der Waals surface area contributed by atoms with E-state index in [1.807, 2.05) is 0 Å². The van der Waals surface area contributed by atoms with Crippen molar-refractivity contribution in [3.63, 3.8) is 0 Å². The number of nitrogens with zero attached hydrogens (tertiary/aromatic N) is 2. The number of hydrogen-bond donors (Lipinski definition) is 0. The van der Waals surface area contributed by atoms with Gasteiger partial charge in [0.15, 0.2) is 0 Å². The van der Waals surface area contributed by atoms with E-state index in [1.54, 1.807) is 0 Å². The van der Waals surface area contributed by atoms with E-state index in [2.05, 4.69) is 23.9 Å². The normalized spacial score (nSPS) is 11.7. The molecule has 0 saturated heterocycles. The Bertz CT molecular complexity index is 171. The summed E-state index contributed by atoms with van der Waals surface area (Å²) < 4.78 is 0. The minimum absolute atomic E-state index is 0.747. The van der Waals surface area contributed by atoms with Crippen LogP contribution in [0.1, 0.15) is 51.4 Å². The second-order valence-electron chi connectivity index (χ2n) is 5.81. The molecule has 0 aromatic heterocycles. The van der Waals surface area contributed by atoms with Gasteiger partial charge >= 0.3 is 0 Å². The van der Waals surface area contributed by atoms with Crippen molar-refractivity contribution < 1.29 is 0 Å². The number of hydrogen-bond acceptors (Lipinski definition) is 2. The highest BCUT2D eigenvalue weighted by Gasteiger charge is 1.98. The first kappa shape index (κ1) is 20.5. The van der Waals surface area contributed by atoms with Gasteiger partial charge in [0.1, 0.15) is 0 Å². The van der Waals surface area contributed by atoms with Gasteiger partial charge < -0.3 is 9.80 Å². The molecular weight excluding hydrogens is 291 g/mol. The molecular formula is C16H34Cl2N2. The first-order chi connectivity index (χ1) is 9.70. The molecule has 0 saturated carbocycles. The van der Waals surface area contributed by atoms with Crippen molar-refractivity contribution in [3.05, 3.63) is 0 Å². The third-order valence-electron chi connectivity index (χ3n) is 3.76. The highest BCUT2D eigenvalue weighted by Crippen LogP contribution is 2.09. The lowest BCUT2D eigenvalue weighted by Gasteiger charge is -2.14. The summed E-state index contributed by atoms with van der Waals surface area (Å²) in [7, 11) is 4.31. The molecule has 0 aliphatic carbocycles. The molecule has 0 rings (SSSR count). The van der Waals surface area contributed by atoms with Gasteiger partial charge in [0, 0.05) is 24.8 Å². The monoisotopic (exact) mass is 324 g/mol. The molecule has 0 unspecified atom stereocenters. The lowest BCUT2D eigenvalue weighted by molar-refractivity contribution is 0.339. The quantitative estimate of drug-likeness (QED) is 0.324. The average molecular weight is 325 g/mol. The van der Waals surface area contributed by atoms with Crippen LogP contribution < -0.4 is 0 Å². The number of unbranched alkanes of at least 4 members (excludes halogenated alkanes) is 7. The van der Waals surface area contributed by atoms with Crippen LogP contribution in [-0.2, 0) is 0 Å². The maximum absolute atomic E-state index is 5.71. The van der Waals surface area contributed by atoms with Gasteiger partial charge in [-0.05, 0) is 40.0 Å². The minimum atomic E-state index is 0.747. The molecule has 0 bridgehead atoms. The van der Waals surface area contributed by atoms with Crippen molar-refractivity contribution in [2.24, 2.45) is 0 Å². The maximum Gasteiger partial charge on any atom is 0.0351 e.